The number of piperidine rings is 1. The van der Waals surface area contributed by atoms with Gasteiger partial charge in [-0.25, -0.2) is 19.6 Å². The van der Waals surface area contributed by atoms with Crippen LogP contribution in [0.4, 0.5) is 11.5 Å². The highest BCUT2D eigenvalue weighted by Gasteiger charge is 2.29. The summed E-state index contributed by atoms with van der Waals surface area (Å²) >= 11 is 0. The molecule has 0 spiro atoms. The molecule has 1 aliphatic heterocycles. The van der Waals surface area contributed by atoms with Crippen molar-refractivity contribution < 1.29 is 4.79 Å². The first-order valence-corrected chi connectivity index (χ1v) is 9.96. The summed E-state index contributed by atoms with van der Waals surface area (Å²) < 4.78 is 1.61. The van der Waals surface area contributed by atoms with Crippen LogP contribution in [-0.2, 0) is 4.79 Å². The summed E-state index contributed by atoms with van der Waals surface area (Å²) in [6.07, 6.45) is 6.25. The molecule has 0 atom stereocenters. The minimum atomic E-state index is 0.0300. The minimum Gasteiger partial charge on any atom is -0.356 e. The number of hydrogen-bond acceptors (Lipinski definition) is 6. The highest BCUT2D eigenvalue weighted by molar-refractivity contribution is 5.95. The molecule has 1 aliphatic rings. The van der Waals surface area contributed by atoms with Gasteiger partial charge in [0.05, 0.1) is 0 Å². The van der Waals surface area contributed by atoms with E-state index in [1.165, 1.54) is 6.33 Å². The molecule has 1 aromatic carbocycles. The van der Waals surface area contributed by atoms with E-state index in [1.54, 1.807) is 17.3 Å². The number of nitrogens with zero attached hydrogens (tertiary/aromatic N) is 7. The highest BCUT2D eigenvalue weighted by Crippen LogP contribution is 2.27. The summed E-state index contributed by atoms with van der Waals surface area (Å²) in [4.78, 5) is 30.0. The molecule has 1 amide bonds. The Balaban J connectivity index is 1.43. The van der Waals surface area contributed by atoms with Gasteiger partial charge in [0.1, 0.15) is 24.8 Å². The van der Waals surface area contributed by atoms with Gasteiger partial charge in [0.25, 0.3) is 0 Å². The Morgan fingerprint density at radius 2 is 1.90 bits per heavy atom. The first-order chi connectivity index (χ1) is 14.2. The first kappa shape index (κ1) is 19.0. The molecule has 0 aliphatic carbocycles. The fraction of sp³-hybridized carbons (Fsp3) is 0.381. The quantitative estimate of drug-likeness (QED) is 0.665. The summed E-state index contributed by atoms with van der Waals surface area (Å²) in [5.41, 5.74) is 2.14. The predicted molar refractivity (Wildman–Crippen MR) is 111 cm³/mol. The molecule has 1 fully saturated rings. The number of aryl methyl sites for hydroxylation is 1. The van der Waals surface area contributed by atoms with Gasteiger partial charge in [0, 0.05) is 37.3 Å². The van der Waals surface area contributed by atoms with Gasteiger partial charge < -0.3 is 9.80 Å². The van der Waals surface area contributed by atoms with Crippen molar-refractivity contribution >= 4 is 17.4 Å². The molecule has 0 saturated carbocycles. The zero-order valence-corrected chi connectivity index (χ0v) is 16.8. The molecule has 29 heavy (non-hydrogen) atoms. The van der Waals surface area contributed by atoms with Gasteiger partial charge in [-0.1, -0.05) is 18.2 Å². The Bertz CT molecular complexity index is 965. The van der Waals surface area contributed by atoms with Gasteiger partial charge in [-0.3, -0.25) is 4.79 Å². The van der Waals surface area contributed by atoms with E-state index in [-0.39, 0.29) is 11.8 Å². The van der Waals surface area contributed by atoms with Crippen molar-refractivity contribution in [2.45, 2.75) is 26.7 Å². The Hall–Kier alpha value is -3.29. The lowest BCUT2D eigenvalue weighted by molar-refractivity contribution is -0.122. The van der Waals surface area contributed by atoms with Crippen molar-refractivity contribution in [3.63, 3.8) is 0 Å². The Kier molecular flexibility index (Phi) is 5.50. The average Bonchev–Trinajstić information content (AvgIpc) is 3.31. The van der Waals surface area contributed by atoms with Crippen LogP contribution in [0.2, 0.25) is 0 Å². The molecule has 3 heterocycles. The zero-order valence-electron chi connectivity index (χ0n) is 16.8. The lowest BCUT2D eigenvalue weighted by Crippen LogP contribution is -2.43. The molecular weight excluding hydrogens is 366 g/mol. The van der Waals surface area contributed by atoms with E-state index in [4.69, 9.17) is 0 Å². The van der Waals surface area contributed by atoms with E-state index >= 15 is 0 Å². The number of benzene rings is 1. The lowest BCUT2D eigenvalue weighted by Gasteiger charge is -2.35. The summed E-state index contributed by atoms with van der Waals surface area (Å²) in [6, 6.07) is 9.98. The number of rotatable bonds is 5. The zero-order chi connectivity index (χ0) is 20.2. The van der Waals surface area contributed by atoms with E-state index < -0.39 is 0 Å². The smallest absolute Gasteiger partial charge is 0.230 e. The van der Waals surface area contributed by atoms with Gasteiger partial charge in [0.15, 0.2) is 5.82 Å². The van der Waals surface area contributed by atoms with Crippen molar-refractivity contribution in [3.8, 4) is 5.82 Å². The average molecular weight is 391 g/mol. The van der Waals surface area contributed by atoms with Crippen molar-refractivity contribution in [2.24, 2.45) is 5.92 Å². The van der Waals surface area contributed by atoms with Crippen LogP contribution in [0.3, 0.4) is 0 Å². The number of aromatic nitrogens is 5. The standard InChI is InChI=1S/C21H25N7O/c1-3-27(18-7-5-4-6-16(18)2)21(29)17-8-10-26(11-9-17)19-12-20(24-14-23-19)28-15-22-13-25-28/h4-7,12-15,17H,3,8-11H2,1-2H3. The molecule has 0 bridgehead atoms. The van der Waals surface area contributed by atoms with Gasteiger partial charge in [0.2, 0.25) is 5.91 Å². The molecule has 2 aromatic heterocycles. The summed E-state index contributed by atoms with van der Waals surface area (Å²) in [5, 5.41) is 4.12. The van der Waals surface area contributed by atoms with Crippen LogP contribution < -0.4 is 9.80 Å². The second-order valence-electron chi connectivity index (χ2n) is 7.20. The fourth-order valence-electron chi connectivity index (χ4n) is 3.85. The van der Waals surface area contributed by atoms with Gasteiger partial charge in [-0.2, -0.15) is 5.10 Å². The molecule has 1 saturated heterocycles. The van der Waals surface area contributed by atoms with Crippen LogP contribution in [0, 0.1) is 12.8 Å². The molecule has 3 aromatic rings. The van der Waals surface area contributed by atoms with E-state index in [0.717, 1.165) is 43.0 Å². The van der Waals surface area contributed by atoms with E-state index in [2.05, 4.69) is 37.9 Å². The topological polar surface area (TPSA) is 80.0 Å². The normalized spacial score (nSPS) is 14.8. The molecule has 8 nitrogen and oxygen atoms in total. The number of hydrogen-bond donors (Lipinski definition) is 0. The van der Waals surface area contributed by atoms with Crippen LogP contribution in [0.1, 0.15) is 25.3 Å². The first-order valence-electron chi connectivity index (χ1n) is 9.96. The van der Waals surface area contributed by atoms with E-state index in [0.29, 0.717) is 12.4 Å². The fourth-order valence-corrected chi connectivity index (χ4v) is 3.85. The molecule has 0 N–H and O–H groups in total. The van der Waals surface area contributed by atoms with Gasteiger partial charge in [-0.15, -0.1) is 0 Å². The maximum absolute atomic E-state index is 13.2. The number of anilines is 2. The monoisotopic (exact) mass is 391 g/mol. The summed E-state index contributed by atoms with van der Waals surface area (Å²) in [6.45, 7) is 6.34. The van der Waals surface area contributed by atoms with Gasteiger partial charge in [-0.05, 0) is 38.3 Å². The molecule has 0 radical (unpaired) electrons. The Morgan fingerprint density at radius 3 is 2.59 bits per heavy atom. The third-order valence-corrected chi connectivity index (χ3v) is 5.45. The second-order valence-corrected chi connectivity index (χ2v) is 7.20. The molecule has 8 heteroatoms. The third kappa shape index (κ3) is 3.96. The van der Waals surface area contributed by atoms with Crippen LogP contribution in [0.15, 0.2) is 49.3 Å². The number of para-hydroxylation sites is 1. The van der Waals surface area contributed by atoms with Gasteiger partial charge >= 0.3 is 0 Å². The molecule has 150 valence electrons. The maximum atomic E-state index is 13.2. The van der Waals surface area contributed by atoms with Crippen molar-refractivity contribution in [1.82, 2.24) is 24.7 Å². The van der Waals surface area contributed by atoms with Crippen molar-refractivity contribution in [3.05, 3.63) is 54.9 Å². The Morgan fingerprint density at radius 1 is 1.14 bits per heavy atom. The predicted octanol–water partition coefficient (Wildman–Crippen LogP) is 2.64. The van der Waals surface area contributed by atoms with Crippen molar-refractivity contribution in [2.75, 3.05) is 29.4 Å². The second kappa shape index (κ2) is 8.38. The number of carbonyl (C=O) groups excluding carboxylic acids is 1. The van der Waals surface area contributed by atoms with E-state index in [9.17, 15) is 4.79 Å². The Labute approximate surface area is 170 Å². The largest absolute Gasteiger partial charge is 0.356 e. The van der Waals surface area contributed by atoms with Crippen molar-refractivity contribution in [1.29, 1.82) is 0 Å². The van der Waals surface area contributed by atoms with Crippen LogP contribution in [-0.4, -0.2) is 50.3 Å². The van der Waals surface area contributed by atoms with Crippen LogP contribution in [0.5, 0.6) is 0 Å². The molecular formula is C21H25N7O. The summed E-state index contributed by atoms with van der Waals surface area (Å²) in [7, 11) is 0. The summed E-state index contributed by atoms with van der Waals surface area (Å²) in [5.74, 6) is 1.78. The third-order valence-electron chi connectivity index (χ3n) is 5.45. The maximum Gasteiger partial charge on any atom is 0.230 e. The van der Waals surface area contributed by atoms with E-state index in [1.807, 2.05) is 36.1 Å². The van der Waals surface area contributed by atoms with Crippen LogP contribution in [0.25, 0.3) is 5.82 Å². The minimum absolute atomic E-state index is 0.0300. The SMILES string of the molecule is CCN(C(=O)C1CCN(c2cc(-n3cncn3)ncn2)CC1)c1ccccc1C. The number of amides is 1. The van der Waals surface area contributed by atoms with Crippen LogP contribution >= 0.6 is 0 Å². The molecule has 0 unspecified atom stereocenters. The number of carbonyl (C=O) groups is 1. The highest BCUT2D eigenvalue weighted by atomic mass is 16.2. The molecule has 4 rings (SSSR count). The lowest BCUT2D eigenvalue weighted by atomic mass is 9.94.